The van der Waals surface area contributed by atoms with Crippen LogP contribution in [0.25, 0.3) is 0 Å². The fourth-order valence-corrected chi connectivity index (χ4v) is 3.25. The van der Waals surface area contributed by atoms with Gasteiger partial charge in [-0.2, -0.15) is 0 Å². The number of nitrogens with zero attached hydrogens (tertiary/aromatic N) is 1. The Kier molecular flexibility index (Phi) is 4.09. The molecule has 0 saturated carbocycles. The molecule has 2 saturated heterocycles. The molecule has 2 aliphatic heterocycles. The molecule has 5 heteroatoms. The van der Waals surface area contributed by atoms with E-state index >= 15 is 0 Å². The van der Waals surface area contributed by atoms with E-state index in [2.05, 4.69) is 5.32 Å². The number of hydrogen-bond donors (Lipinski definition) is 1. The topological polar surface area (TPSA) is 58.6 Å². The Hall–Kier alpha value is -1.10. The third kappa shape index (κ3) is 2.43. The molecule has 2 heterocycles. The van der Waals surface area contributed by atoms with E-state index in [0.717, 1.165) is 19.4 Å². The van der Waals surface area contributed by atoms with E-state index in [4.69, 9.17) is 4.74 Å². The maximum Gasteiger partial charge on any atom is 0.249 e. The lowest BCUT2D eigenvalue weighted by Gasteiger charge is -2.46. The van der Waals surface area contributed by atoms with Crippen LogP contribution in [0.3, 0.4) is 0 Å². The third-order valence-corrected chi connectivity index (χ3v) is 4.89. The molecule has 2 aliphatic rings. The molecule has 5 nitrogen and oxygen atoms in total. The molecular weight excluding hydrogens is 256 g/mol. The van der Waals surface area contributed by atoms with Crippen LogP contribution in [0.2, 0.25) is 0 Å². The zero-order valence-electron chi connectivity index (χ0n) is 13.0. The zero-order valence-corrected chi connectivity index (χ0v) is 13.0. The summed E-state index contributed by atoms with van der Waals surface area (Å²) in [5.41, 5.74) is -1.05. The number of nitrogens with one attached hydrogen (secondary N) is 1. The first kappa shape index (κ1) is 15.3. The third-order valence-electron chi connectivity index (χ3n) is 4.89. The summed E-state index contributed by atoms with van der Waals surface area (Å²) in [4.78, 5) is 26.8. The first-order valence-electron chi connectivity index (χ1n) is 7.64. The maximum absolute atomic E-state index is 12.9. The first-order valence-corrected chi connectivity index (χ1v) is 7.64. The fourth-order valence-electron chi connectivity index (χ4n) is 3.25. The molecular formula is C15H26N2O3. The van der Waals surface area contributed by atoms with Gasteiger partial charge in [0.25, 0.3) is 0 Å². The molecule has 0 aromatic rings. The van der Waals surface area contributed by atoms with E-state index in [1.807, 2.05) is 20.8 Å². The molecule has 2 rings (SSSR count). The molecule has 2 atom stereocenters. The highest BCUT2D eigenvalue weighted by atomic mass is 16.5. The second-order valence-electron chi connectivity index (χ2n) is 6.29. The minimum atomic E-state index is -0.738. The molecule has 0 aromatic heterocycles. The predicted octanol–water partition coefficient (Wildman–Crippen LogP) is 1.46. The second kappa shape index (κ2) is 5.35. The van der Waals surface area contributed by atoms with E-state index in [0.29, 0.717) is 19.4 Å². The number of carbonyl (C=O) groups excluding carboxylic acids is 2. The van der Waals surface area contributed by atoms with Gasteiger partial charge in [-0.3, -0.25) is 9.59 Å². The molecule has 0 radical (unpaired) electrons. The molecule has 2 fully saturated rings. The van der Waals surface area contributed by atoms with E-state index in [9.17, 15) is 9.59 Å². The molecule has 2 amide bonds. The van der Waals surface area contributed by atoms with Crippen molar-refractivity contribution < 1.29 is 14.3 Å². The Labute approximate surface area is 121 Å². The second-order valence-corrected chi connectivity index (χ2v) is 6.29. The average Bonchev–Trinajstić information content (AvgIpc) is 2.86. The standard InChI is InChI=1S/C15H26N2O3/c1-5-15(6-2)13(19)17(11(3)12(18)16-15)10-14(4)8-7-9-20-14/h11H,5-10H2,1-4H3,(H,16,18). The lowest BCUT2D eigenvalue weighted by atomic mass is 9.86. The average molecular weight is 282 g/mol. The summed E-state index contributed by atoms with van der Waals surface area (Å²) in [5.74, 6) is -0.0266. The number of piperazine rings is 1. The molecule has 0 bridgehead atoms. The van der Waals surface area contributed by atoms with Gasteiger partial charge in [-0.15, -0.1) is 0 Å². The smallest absolute Gasteiger partial charge is 0.249 e. The Morgan fingerprint density at radius 2 is 2.00 bits per heavy atom. The van der Waals surface area contributed by atoms with Crippen LogP contribution in [0.1, 0.15) is 53.4 Å². The highest BCUT2D eigenvalue weighted by molar-refractivity contribution is 5.99. The van der Waals surface area contributed by atoms with Crippen molar-refractivity contribution in [3.05, 3.63) is 0 Å². The van der Waals surface area contributed by atoms with Crippen molar-refractivity contribution in [1.29, 1.82) is 0 Å². The van der Waals surface area contributed by atoms with Gasteiger partial charge in [0, 0.05) is 6.61 Å². The van der Waals surface area contributed by atoms with E-state index in [1.165, 1.54) is 0 Å². The van der Waals surface area contributed by atoms with Gasteiger partial charge >= 0.3 is 0 Å². The summed E-state index contributed by atoms with van der Waals surface area (Å²) in [6.45, 7) is 8.97. The van der Waals surface area contributed by atoms with Gasteiger partial charge in [0.05, 0.1) is 12.1 Å². The molecule has 1 N–H and O–H groups in total. The van der Waals surface area contributed by atoms with Crippen LogP contribution in [-0.2, 0) is 14.3 Å². The minimum absolute atomic E-state index is 0.0336. The van der Waals surface area contributed by atoms with Gasteiger partial charge < -0.3 is 15.0 Å². The number of carbonyl (C=O) groups is 2. The maximum atomic E-state index is 12.9. The molecule has 0 aliphatic carbocycles. The van der Waals surface area contributed by atoms with Crippen LogP contribution in [0, 0.1) is 0 Å². The zero-order chi connectivity index (χ0) is 15.0. The first-order chi connectivity index (χ1) is 9.37. The van der Waals surface area contributed by atoms with Crippen LogP contribution >= 0.6 is 0 Å². The summed E-state index contributed by atoms with van der Waals surface area (Å²) in [6, 6.07) is -0.422. The lowest BCUT2D eigenvalue weighted by Crippen LogP contribution is -2.70. The predicted molar refractivity (Wildman–Crippen MR) is 76.2 cm³/mol. The van der Waals surface area contributed by atoms with Crippen molar-refractivity contribution in [3.8, 4) is 0 Å². The van der Waals surface area contributed by atoms with Gasteiger partial charge in [-0.1, -0.05) is 13.8 Å². The van der Waals surface area contributed by atoms with E-state index < -0.39 is 11.6 Å². The van der Waals surface area contributed by atoms with Crippen molar-refractivity contribution in [2.75, 3.05) is 13.2 Å². The SMILES string of the molecule is CCC1(CC)NC(=O)C(C)N(CC2(C)CCCO2)C1=O. The van der Waals surface area contributed by atoms with E-state index in [1.54, 1.807) is 11.8 Å². The lowest BCUT2D eigenvalue weighted by molar-refractivity contribution is -0.158. The number of ether oxygens (including phenoxy) is 1. The fraction of sp³-hybridized carbons (Fsp3) is 0.867. The van der Waals surface area contributed by atoms with Crippen molar-refractivity contribution in [2.24, 2.45) is 0 Å². The molecule has 2 unspecified atom stereocenters. The Morgan fingerprint density at radius 1 is 1.35 bits per heavy atom. The van der Waals surface area contributed by atoms with Crippen LogP contribution in [0.15, 0.2) is 0 Å². The van der Waals surface area contributed by atoms with Gasteiger partial charge in [-0.05, 0) is 39.5 Å². The summed E-state index contributed by atoms with van der Waals surface area (Å²) < 4.78 is 5.78. The van der Waals surface area contributed by atoms with Crippen LogP contribution < -0.4 is 5.32 Å². The van der Waals surface area contributed by atoms with E-state index in [-0.39, 0.29) is 17.4 Å². The molecule has 114 valence electrons. The van der Waals surface area contributed by atoms with Crippen molar-refractivity contribution in [1.82, 2.24) is 10.2 Å². The summed E-state index contributed by atoms with van der Waals surface area (Å²) in [5, 5.41) is 2.93. The van der Waals surface area contributed by atoms with Crippen LogP contribution in [0.4, 0.5) is 0 Å². The monoisotopic (exact) mass is 282 g/mol. The number of rotatable bonds is 4. The van der Waals surface area contributed by atoms with Gasteiger partial charge in [0.15, 0.2) is 0 Å². The summed E-state index contributed by atoms with van der Waals surface area (Å²) in [7, 11) is 0. The molecule has 0 aromatic carbocycles. The van der Waals surface area contributed by atoms with Gasteiger partial charge in [0.2, 0.25) is 11.8 Å². The summed E-state index contributed by atoms with van der Waals surface area (Å²) >= 11 is 0. The van der Waals surface area contributed by atoms with Gasteiger partial charge in [-0.25, -0.2) is 0 Å². The minimum Gasteiger partial charge on any atom is -0.373 e. The quantitative estimate of drug-likeness (QED) is 0.849. The highest BCUT2D eigenvalue weighted by Crippen LogP contribution is 2.31. The number of amides is 2. The Morgan fingerprint density at radius 3 is 2.50 bits per heavy atom. The summed E-state index contributed by atoms with van der Waals surface area (Å²) in [6.07, 6.45) is 3.20. The van der Waals surface area contributed by atoms with Crippen molar-refractivity contribution >= 4 is 11.8 Å². The molecule has 20 heavy (non-hydrogen) atoms. The Bertz CT molecular complexity index is 398. The molecule has 0 spiro atoms. The van der Waals surface area contributed by atoms with Gasteiger partial charge in [0.1, 0.15) is 11.6 Å². The highest BCUT2D eigenvalue weighted by Gasteiger charge is 2.49. The van der Waals surface area contributed by atoms with Crippen LogP contribution in [0.5, 0.6) is 0 Å². The largest absolute Gasteiger partial charge is 0.373 e. The van der Waals surface area contributed by atoms with Crippen LogP contribution in [-0.4, -0.2) is 47.0 Å². The number of hydrogen-bond acceptors (Lipinski definition) is 3. The van der Waals surface area contributed by atoms with Crippen molar-refractivity contribution in [3.63, 3.8) is 0 Å². The Balaban J connectivity index is 2.24. The van der Waals surface area contributed by atoms with Crippen molar-refractivity contribution in [2.45, 2.75) is 70.6 Å². The normalized spacial score (nSPS) is 33.4.